The maximum Gasteiger partial charge on any atom is 0.253 e. The molecule has 1 heterocycles. The Balaban J connectivity index is 2.02. The number of thiophene rings is 1. The standard InChI is InChI=1S/C19H24N2O2S2/c1-13(17(22)21-19(2,3)4)20-18(23)15-9-5-6-10-16(15)25-12-14-8-7-11-24-14/h5-11,13H,12H2,1-4H3,(H,20,23)(H,21,22). The summed E-state index contributed by atoms with van der Waals surface area (Å²) >= 11 is 3.33. The molecule has 2 rings (SSSR count). The third-order valence-electron chi connectivity index (χ3n) is 3.32. The highest BCUT2D eigenvalue weighted by Crippen LogP contribution is 2.28. The van der Waals surface area contributed by atoms with Crippen molar-refractivity contribution in [2.24, 2.45) is 0 Å². The number of amides is 2. The average Bonchev–Trinajstić information content (AvgIpc) is 3.05. The topological polar surface area (TPSA) is 58.2 Å². The number of hydrogen-bond donors (Lipinski definition) is 2. The van der Waals surface area contributed by atoms with Gasteiger partial charge in [0.05, 0.1) is 5.56 Å². The van der Waals surface area contributed by atoms with Crippen LogP contribution < -0.4 is 10.6 Å². The van der Waals surface area contributed by atoms with Gasteiger partial charge in [0.1, 0.15) is 6.04 Å². The van der Waals surface area contributed by atoms with Gasteiger partial charge in [0.15, 0.2) is 0 Å². The first-order chi connectivity index (χ1) is 11.8. The zero-order valence-electron chi connectivity index (χ0n) is 15.0. The maximum absolute atomic E-state index is 12.6. The van der Waals surface area contributed by atoms with Crippen LogP contribution in [0, 0.1) is 0 Å². The molecule has 1 aromatic carbocycles. The quantitative estimate of drug-likeness (QED) is 0.747. The van der Waals surface area contributed by atoms with E-state index in [2.05, 4.69) is 16.7 Å². The summed E-state index contributed by atoms with van der Waals surface area (Å²) in [4.78, 5) is 26.9. The fraction of sp³-hybridized carbons (Fsp3) is 0.368. The van der Waals surface area contributed by atoms with Gasteiger partial charge in [-0.3, -0.25) is 9.59 Å². The zero-order chi connectivity index (χ0) is 18.4. The fourth-order valence-corrected chi connectivity index (χ4v) is 3.96. The van der Waals surface area contributed by atoms with Crippen LogP contribution in [0.1, 0.15) is 42.9 Å². The average molecular weight is 377 g/mol. The number of carbonyl (C=O) groups excluding carboxylic acids is 2. The van der Waals surface area contributed by atoms with E-state index in [-0.39, 0.29) is 17.4 Å². The van der Waals surface area contributed by atoms with Crippen LogP contribution in [-0.2, 0) is 10.5 Å². The molecule has 0 fully saturated rings. The Labute approximate surface area is 157 Å². The van der Waals surface area contributed by atoms with Crippen molar-refractivity contribution in [1.29, 1.82) is 0 Å². The Kier molecular flexibility index (Phi) is 6.67. The second-order valence-corrected chi connectivity index (χ2v) is 8.85. The molecule has 0 bridgehead atoms. The highest BCUT2D eigenvalue weighted by Gasteiger charge is 2.22. The van der Waals surface area contributed by atoms with E-state index < -0.39 is 6.04 Å². The van der Waals surface area contributed by atoms with E-state index in [0.717, 1.165) is 10.6 Å². The van der Waals surface area contributed by atoms with Gasteiger partial charge in [0.25, 0.3) is 5.91 Å². The van der Waals surface area contributed by atoms with Crippen LogP contribution >= 0.6 is 23.1 Å². The third-order valence-corrected chi connectivity index (χ3v) is 5.50. The lowest BCUT2D eigenvalue weighted by Gasteiger charge is -2.23. The van der Waals surface area contributed by atoms with Crippen LogP contribution in [0.2, 0.25) is 0 Å². The summed E-state index contributed by atoms with van der Waals surface area (Å²) in [6, 6.07) is 11.0. The second kappa shape index (κ2) is 8.54. The summed E-state index contributed by atoms with van der Waals surface area (Å²) in [6.45, 7) is 7.43. The summed E-state index contributed by atoms with van der Waals surface area (Å²) in [5, 5.41) is 7.71. The van der Waals surface area contributed by atoms with E-state index in [1.165, 1.54) is 4.88 Å². The molecule has 6 heteroatoms. The largest absolute Gasteiger partial charge is 0.350 e. The summed E-state index contributed by atoms with van der Waals surface area (Å²) in [6.07, 6.45) is 0. The van der Waals surface area contributed by atoms with Gasteiger partial charge in [-0.25, -0.2) is 0 Å². The predicted molar refractivity (Wildman–Crippen MR) is 105 cm³/mol. The van der Waals surface area contributed by atoms with Gasteiger partial charge in [0.2, 0.25) is 5.91 Å². The van der Waals surface area contributed by atoms with Crippen molar-refractivity contribution < 1.29 is 9.59 Å². The Hall–Kier alpha value is -1.79. The Morgan fingerprint density at radius 3 is 2.52 bits per heavy atom. The number of carbonyl (C=O) groups is 2. The van der Waals surface area contributed by atoms with E-state index in [1.807, 2.05) is 50.4 Å². The van der Waals surface area contributed by atoms with Gasteiger partial charge in [-0.05, 0) is 51.3 Å². The molecule has 0 spiro atoms. The van der Waals surface area contributed by atoms with Crippen molar-refractivity contribution in [2.75, 3.05) is 0 Å². The van der Waals surface area contributed by atoms with Crippen LogP contribution in [0.5, 0.6) is 0 Å². The van der Waals surface area contributed by atoms with Crippen molar-refractivity contribution in [3.05, 3.63) is 52.2 Å². The molecule has 134 valence electrons. The second-order valence-electron chi connectivity index (χ2n) is 6.80. The number of benzene rings is 1. The minimum Gasteiger partial charge on any atom is -0.350 e. The Morgan fingerprint density at radius 2 is 1.88 bits per heavy atom. The van der Waals surface area contributed by atoms with Crippen LogP contribution in [0.4, 0.5) is 0 Å². The molecule has 0 radical (unpaired) electrons. The first-order valence-electron chi connectivity index (χ1n) is 8.13. The zero-order valence-corrected chi connectivity index (χ0v) is 16.6. The number of thioether (sulfide) groups is 1. The van der Waals surface area contributed by atoms with Crippen LogP contribution in [0.3, 0.4) is 0 Å². The highest BCUT2D eigenvalue weighted by atomic mass is 32.2. The van der Waals surface area contributed by atoms with E-state index >= 15 is 0 Å². The monoisotopic (exact) mass is 376 g/mol. The van der Waals surface area contributed by atoms with Crippen molar-refractivity contribution in [3.63, 3.8) is 0 Å². The van der Waals surface area contributed by atoms with Gasteiger partial charge in [-0.2, -0.15) is 0 Å². The molecular formula is C19H24N2O2S2. The molecule has 0 saturated carbocycles. The molecule has 2 N–H and O–H groups in total. The molecule has 2 aromatic rings. The fourth-order valence-electron chi connectivity index (χ4n) is 2.14. The van der Waals surface area contributed by atoms with Gasteiger partial charge in [0, 0.05) is 21.1 Å². The Morgan fingerprint density at radius 1 is 1.16 bits per heavy atom. The lowest BCUT2D eigenvalue weighted by atomic mass is 10.1. The molecule has 2 amide bonds. The van der Waals surface area contributed by atoms with E-state index in [9.17, 15) is 9.59 Å². The van der Waals surface area contributed by atoms with E-state index in [1.54, 1.807) is 36.1 Å². The normalized spacial score (nSPS) is 12.5. The number of hydrogen-bond acceptors (Lipinski definition) is 4. The van der Waals surface area contributed by atoms with Gasteiger partial charge in [-0.15, -0.1) is 23.1 Å². The van der Waals surface area contributed by atoms with Crippen molar-refractivity contribution in [1.82, 2.24) is 10.6 Å². The minimum atomic E-state index is -0.595. The van der Waals surface area contributed by atoms with E-state index in [0.29, 0.717) is 5.56 Å². The van der Waals surface area contributed by atoms with Crippen LogP contribution in [0.15, 0.2) is 46.7 Å². The molecule has 25 heavy (non-hydrogen) atoms. The summed E-state index contributed by atoms with van der Waals surface area (Å²) in [5.41, 5.74) is 0.268. The SMILES string of the molecule is CC(NC(=O)c1ccccc1SCc1cccs1)C(=O)NC(C)(C)C. The molecule has 4 nitrogen and oxygen atoms in total. The molecule has 0 aliphatic carbocycles. The lowest BCUT2D eigenvalue weighted by molar-refractivity contribution is -0.124. The van der Waals surface area contributed by atoms with Crippen LogP contribution in [0.25, 0.3) is 0 Å². The van der Waals surface area contributed by atoms with Gasteiger partial charge in [-0.1, -0.05) is 18.2 Å². The minimum absolute atomic E-state index is 0.190. The first kappa shape index (κ1) is 19.5. The highest BCUT2D eigenvalue weighted by molar-refractivity contribution is 7.98. The van der Waals surface area contributed by atoms with Gasteiger partial charge >= 0.3 is 0 Å². The maximum atomic E-state index is 12.6. The molecule has 0 aliphatic rings. The molecule has 1 unspecified atom stereocenters. The number of nitrogens with one attached hydrogen (secondary N) is 2. The van der Waals surface area contributed by atoms with Crippen molar-refractivity contribution in [2.45, 2.75) is 49.9 Å². The molecule has 0 saturated heterocycles. The molecule has 1 aromatic heterocycles. The molecular weight excluding hydrogens is 352 g/mol. The predicted octanol–water partition coefficient (Wildman–Crippen LogP) is 4.07. The molecule has 0 aliphatic heterocycles. The van der Waals surface area contributed by atoms with Crippen molar-refractivity contribution in [3.8, 4) is 0 Å². The first-order valence-corrected chi connectivity index (χ1v) is 10.00. The Bertz CT molecular complexity index is 721. The summed E-state index contributed by atoms with van der Waals surface area (Å²) in [5.74, 6) is 0.401. The van der Waals surface area contributed by atoms with Crippen molar-refractivity contribution >= 4 is 34.9 Å². The third kappa shape index (κ3) is 6.21. The number of rotatable bonds is 6. The summed E-state index contributed by atoms with van der Waals surface area (Å²) in [7, 11) is 0. The van der Waals surface area contributed by atoms with Crippen LogP contribution in [-0.4, -0.2) is 23.4 Å². The molecule has 1 atom stereocenters. The smallest absolute Gasteiger partial charge is 0.253 e. The lowest BCUT2D eigenvalue weighted by Crippen LogP contribution is -2.50. The van der Waals surface area contributed by atoms with Gasteiger partial charge < -0.3 is 10.6 Å². The van der Waals surface area contributed by atoms with E-state index in [4.69, 9.17) is 0 Å². The summed E-state index contributed by atoms with van der Waals surface area (Å²) < 4.78 is 0.